The number of halogens is 1. The van der Waals surface area contributed by atoms with Crippen molar-refractivity contribution < 1.29 is 4.79 Å². The van der Waals surface area contributed by atoms with Crippen LogP contribution in [-0.4, -0.2) is 54.9 Å². The van der Waals surface area contributed by atoms with Crippen molar-refractivity contribution in [3.63, 3.8) is 0 Å². The summed E-state index contributed by atoms with van der Waals surface area (Å²) in [6, 6.07) is 14.5. The first kappa shape index (κ1) is 21.5. The van der Waals surface area contributed by atoms with Crippen molar-refractivity contribution in [2.75, 3.05) is 39.3 Å². The molecule has 30 heavy (non-hydrogen) atoms. The fourth-order valence-electron chi connectivity index (χ4n) is 4.46. The predicted octanol–water partition coefficient (Wildman–Crippen LogP) is 4.16. The van der Waals surface area contributed by atoms with E-state index < -0.39 is 0 Å². The molecular weight excluding hydrogens is 394 g/mol. The highest BCUT2D eigenvalue weighted by Gasteiger charge is 2.17. The van der Waals surface area contributed by atoms with Crippen molar-refractivity contribution in [3.05, 3.63) is 69.7 Å². The van der Waals surface area contributed by atoms with Crippen LogP contribution < -0.4 is 5.32 Å². The molecule has 2 aliphatic rings. The molecule has 2 heterocycles. The molecule has 160 valence electrons. The molecule has 0 spiro atoms. The van der Waals surface area contributed by atoms with Crippen molar-refractivity contribution in [2.45, 2.75) is 38.8 Å². The van der Waals surface area contributed by atoms with Crippen LogP contribution in [0.1, 0.15) is 46.3 Å². The van der Waals surface area contributed by atoms with Gasteiger partial charge >= 0.3 is 0 Å². The zero-order chi connectivity index (χ0) is 20.8. The highest BCUT2D eigenvalue weighted by molar-refractivity contribution is 6.30. The average molecular weight is 426 g/mol. The summed E-state index contributed by atoms with van der Waals surface area (Å²) in [7, 11) is 0. The zero-order valence-electron chi connectivity index (χ0n) is 17.7. The quantitative estimate of drug-likeness (QED) is 0.676. The van der Waals surface area contributed by atoms with Gasteiger partial charge < -0.3 is 10.2 Å². The second-order valence-corrected chi connectivity index (χ2v) is 8.97. The van der Waals surface area contributed by atoms with Crippen LogP contribution >= 0.6 is 11.6 Å². The van der Waals surface area contributed by atoms with Gasteiger partial charge in [-0.2, -0.15) is 0 Å². The number of ketones is 1. The fraction of sp³-hybridized carbons (Fsp3) is 0.480. The van der Waals surface area contributed by atoms with E-state index in [9.17, 15) is 4.79 Å². The summed E-state index contributed by atoms with van der Waals surface area (Å²) < 4.78 is 0. The van der Waals surface area contributed by atoms with E-state index in [0.717, 1.165) is 75.8 Å². The van der Waals surface area contributed by atoms with Gasteiger partial charge in [-0.3, -0.25) is 9.69 Å². The maximum absolute atomic E-state index is 12.7. The predicted molar refractivity (Wildman–Crippen MR) is 123 cm³/mol. The number of benzene rings is 2. The summed E-state index contributed by atoms with van der Waals surface area (Å²) >= 11 is 5.97. The van der Waals surface area contributed by atoms with E-state index in [-0.39, 0.29) is 5.78 Å². The van der Waals surface area contributed by atoms with Gasteiger partial charge in [-0.1, -0.05) is 35.9 Å². The van der Waals surface area contributed by atoms with Crippen molar-refractivity contribution in [1.82, 2.24) is 15.1 Å². The lowest BCUT2D eigenvalue weighted by Gasteiger charge is -2.34. The number of aryl methyl sites for hydroxylation is 1. The van der Waals surface area contributed by atoms with Crippen LogP contribution in [-0.2, 0) is 19.5 Å². The van der Waals surface area contributed by atoms with E-state index >= 15 is 0 Å². The smallest absolute Gasteiger partial charge is 0.162 e. The minimum Gasteiger partial charge on any atom is -0.313 e. The molecule has 0 aliphatic carbocycles. The lowest BCUT2D eigenvalue weighted by Crippen LogP contribution is -2.46. The van der Waals surface area contributed by atoms with Gasteiger partial charge in [-0.05, 0) is 67.2 Å². The Morgan fingerprint density at radius 1 is 0.967 bits per heavy atom. The van der Waals surface area contributed by atoms with E-state index in [0.29, 0.717) is 6.42 Å². The van der Waals surface area contributed by atoms with Gasteiger partial charge in [0.25, 0.3) is 0 Å². The van der Waals surface area contributed by atoms with Crippen molar-refractivity contribution >= 4 is 17.4 Å². The third-order valence-electron chi connectivity index (χ3n) is 6.31. The SMILES string of the molecule is O=C(CCCN1CCN(Cc2ccc(Cl)cc2)CC1)c1ccc2c(c1)CNCCC2. The number of carbonyl (C=O) groups is 1. The van der Waals surface area contributed by atoms with Gasteiger partial charge in [0, 0.05) is 56.3 Å². The first-order valence-corrected chi connectivity index (χ1v) is 11.6. The maximum atomic E-state index is 12.7. The molecule has 2 aromatic rings. The number of Topliss-reactive ketones (excluding diaryl/α,β-unsaturated/α-hetero) is 1. The molecule has 2 aromatic carbocycles. The topological polar surface area (TPSA) is 35.6 Å². The molecule has 0 bridgehead atoms. The number of carbonyl (C=O) groups excluding carboxylic acids is 1. The Morgan fingerprint density at radius 3 is 2.53 bits per heavy atom. The van der Waals surface area contributed by atoms with Gasteiger partial charge in [0.15, 0.2) is 5.78 Å². The summed E-state index contributed by atoms with van der Waals surface area (Å²) in [5.74, 6) is 0.281. The Morgan fingerprint density at radius 2 is 1.73 bits per heavy atom. The third-order valence-corrected chi connectivity index (χ3v) is 6.56. The standard InChI is InChI=1S/C25H32ClN3O/c26-24-9-5-20(6-10-24)19-29-15-13-28(14-16-29)12-2-4-25(30)22-8-7-21-3-1-11-27-18-23(21)17-22/h5-10,17,27H,1-4,11-16,18-19H2. The number of rotatable bonds is 7. The lowest BCUT2D eigenvalue weighted by molar-refractivity contribution is 0.0959. The van der Waals surface area contributed by atoms with Gasteiger partial charge in [-0.25, -0.2) is 0 Å². The fourth-order valence-corrected chi connectivity index (χ4v) is 4.59. The van der Waals surface area contributed by atoms with E-state index in [2.05, 4.69) is 39.4 Å². The summed E-state index contributed by atoms with van der Waals surface area (Å²) in [6.07, 6.45) is 3.86. The average Bonchev–Trinajstić information content (AvgIpc) is 3.01. The van der Waals surface area contributed by atoms with Crippen LogP contribution in [0.4, 0.5) is 0 Å². The van der Waals surface area contributed by atoms with E-state index in [1.54, 1.807) is 0 Å². The normalized spacial score (nSPS) is 18.0. The Hall–Kier alpha value is -1.72. The molecular formula is C25H32ClN3O. The van der Waals surface area contributed by atoms with E-state index in [1.807, 2.05) is 18.2 Å². The van der Waals surface area contributed by atoms with Gasteiger partial charge in [0.1, 0.15) is 0 Å². The highest BCUT2D eigenvalue weighted by Crippen LogP contribution is 2.18. The number of piperazine rings is 1. The first-order valence-electron chi connectivity index (χ1n) is 11.2. The van der Waals surface area contributed by atoms with Crippen LogP contribution in [0.15, 0.2) is 42.5 Å². The molecule has 0 unspecified atom stereocenters. The minimum atomic E-state index is 0.281. The van der Waals surface area contributed by atoms with Crippen molar-refractivity contribution in [3.8, 4) is 0 Å². The largest absolute Gasteiger partial charge is 0.313 e. The Kier molecular flexibility index (Phi) is 7.56. The summed E-state index contributed by atoms with van der Waals surface area (Å²) in [5, 5.41) is 4.24. The van der Waals surface area contributed by atoms with Gasteiger partial charge in [0.05, 0.1) is 0 Å². The zero-order valence-corrected chi connectivity index (χ0v) is 18.5. The first-order chi connectivity index (χ1) is 14.7. The van der Waals surface area contributed by atoms with Gasteiger partial charge in [-0.15, -0.1) is 0 Å². The molecule has 0 radical (unpaired) electrons. The van der Waals surface area contributed by atoms with Crippen molar-refractivity contribution in [2.24, 2.45) is 0 Å². The van der Waals surface area contributed by atoms with Crippen LogP contribution in [0.5, 0.6) is 0 Å². The Labute approximate surface area is 185 Å². The molecule has 0 amide bonds. The van der Waals surface area contributed by atoms with E-state index in [4.69, 9.17) is 11.6 Å². The number of hydrogen-bond donors (Lipinski definition) is 1. The summed E-state index contributed by atoms with van der Waals surface area (Å²) in [4.78, 5) is 17.7. The lowest BCUT2D eigenvalue weighted by atomic mass is 9.98. The molecule has 4 nitrogen and oxygen atoms in total. The molecule has 1 fully saturated rings. The van der Waals surface area contributed by atoms with Crippen LogP contribution in [0.25, 0.3) is 0 Å². The molecule has 1 saturated heterocycles. The Balaban J connectivity index is 1.18. The van der Waals surface area contributed by atoms with Gasteiger partial charge in [0.2, 0.25) is 0 Å². The van der Waals surface area contributed by atoms with Crippen LogP contribution in [0, 0.1) is 0 Å². The molecule has 2 aliphatic heterocycles. The minimum absolute atomic E-state index is 0.281. The van der Waals surface area contributed by atoms with Crippen LogP contribution in [0.3, 0.4) is 0 Å². The molecule has 0 saturated carbocycles. The number of hydrogen-bond acceptors (Lipinski definition) is 4. The summed E-state index contributed by atoms with van der Waals surface area (Å²) in [5.41, 5.74) is 4.89. The third kappa shape index (κ3) is 5.92. The Bertz CT molecular complexity index is 844. The molecule has 1 N–H and O–H groups in total. The number of nitrogens with zero attached hydrogens (tertiary/aromatic N) is 2. The van der Waals surface area contributed by atoms with E-state index in [1.165, 1.54) is 23.1 Å². The second-order valence-electron chi connectivity index (χ2n) is 8.53. The molecule has 0 aromatic heterocycles. The molecule has 5 heteroatoms. The molecule has 0 atom stereocenters. The maximum Gasteiger partial charge on any atom is 0.162 e. The summed E-state index contributed by atoms with van der Waals surface area (Å²) in [6.45, 7) is 8.24. The molecule has 4 rings (SSSR count). The monoisotopic (exact) mass is 425 g/mol. The number of fused-ring (bicyclic) bond motifs is 1. The second kappa shape index (κ2) is 10.5. The van der Waals surface area contributed by atoms with Crippen LogP contribution in [0.2, 0.25) is 5.02 Å². The number of nitrogens with one attached hydrogen (secondary N) is 1. The van der Waals surface area contributed by atoms with Crippen molar-refractivity contribution in [1.29, 1.82) is 0 Å². The highest BCUT2D eigenvalue weighted by atomic mass is 35.5.